The topological polar surface area (TPSA) is 43.7 Å². The molecule has 1 aliphatic heterocycles. The fourth-order valence-corrected chi connectivity index (χ4v) is 3.45. The average molecular weight is 291 g/mol. The van der Waals surface area contributed by atoms with Crippen LogP contribution in [0.25, 0.3) is 0 Å². The van der Waals surface area contributed by atoms with Crippen molar-refractivity contribution in [2.75, 3.05) is 19.7 Å². The van der Waals surface area contributed by atoms with Crippen molar-refractivity contribution >= 4 is 0 Å². The molecule has 1 aromatic rings. The third kappa shape index (κ3) is 4.29. The summed E-state index contributed by atoms with van der Waals surface area (Å²) in [6, 6.07) is 10.5. The quantitative estimate of drug-likeness (QED) is 0.811. The summed E-state index contributed by atoms with van der Waals surface area (Å²) in [5.74, 6) is 0. The lowest BCUT2D eigenvalue weighted by Gasteiger charge is -2.37. The number of likely N-dealkylation sites (tertiary alicyclic amines) is 1. The number of aliphatic hydroxyl groups excluding tert-OH is 2. The van der Waals surface area contributed by atoms with E-state index < -0.39 is 6.10 Å². The van der Waals surface area contributed by atoms with Crippen molar-refractivity contribution in [3.63, 3.8) is 0 Å². The van der Waals surface area contributed by atoms with Gasteiger partial charge >= 0.3 is 0 Å². The standard InChI is InChI=1S/C18H29NO2/c1-18(2,17(21)15-8-4-3-5-9-15)14-19-12-6-10-16(19)11-7-13-20/h3-5,8-9,16-17,20-21H,6-7,10-14H2,1-2H3. The molecule has 21 heavy (non-hydrogen) atoms. The number of benzene rings is 1. The number of aliphatic hydroxyl groups is 2. The maximum Gasteiger partial charge on any atom is 0.0853 e. The molecule has 3 heteroatoms. The highest BCUT2D eigenvalue weighted by atomic mass is 16.3. The van der Waals surface area contributed by atoms with Gasteiger partial charge in [-0.1, -0.05) is 44.2 Å². The van der Waals surface area contributed by atoms with Crippen LogP contribution in [0.1, 0.15) is 51.2 Å². The van der Waals surface area contributed by atoms with E-state index in [2.05, 4.69) is 18.7 Å². The van der Waals surface area contributed by atoms with Crippen molar-refractivity contribution in [1.82, 2.24) is 4.90 Å². The molecule has 2 N–H and O–H groups in total. The Labute approximate surface area is 128 Å². The van der Waals surface area contributed by atoms with E-state index in [1.165, 1.54) is 12.8 Å². The normalized spacial score (nSPS) is 21.6. The molecule has 1 aromatic carbocycles. The number of rotatable bonds is 7. The van der Waals surface area contributed by atoms with Gasteiger partial charge < -0.3 is 10.2 Å². The number of nitrogens with zero attached hydrogens (tertiary/aromatic N) is 1. The van der Waals surface area contributed by atoms with Gasteiger partial charge in [0.1, 0.15) is 0 Å². The minimum Gasteiger partial charge on any atom is -0.396 e. The molecule has 0 amide bonds. The van der Waals surface area contributed by atoms with Gasteiger partial charge in [0.15, 0.2) is 0 Å². The second-order valence-electron chi connectivity index (χ2n) is 6.93. The van der Waals surface area contributed by atoms with Crippen molar-refractivity contribution in [3.05, 3.63) is 35.9 Å². The van der Waals surface area contributed by atoms with E-state index in [1.54, 1.807) is 0 Å². The van der Waals surface area contributed by atoms with E-state index in [9.17, 15) is 5.11 Å². The highest BCUT2D eigenvalue weighted by Gasteiger charge is 2.34. The molecule has 0 aliphatic carbocycles. The Morgan fingerprint density at radius 3 is 2.67 bits per heavy atom. The van der Waals surface area contributed by atoms with Gasteiger partial charge in [-0.05, 0) is 37.8 Å². The molecule has 3 nitrogen and oxygen atoms in total. The summed E-state index contributed by atoms with van der Waals surface area (Å²) in [6.45, 7) is 6.58. The third-order valence-electron chi connectivity index (χ3n) is 4.66. The van der Waals surface area contributed by atoms with Gasteiger partial charge in [0.2, 0.25) is 0 Å². The Balaban J connectivity index is 1.99. The molecule has 1 saturated heterocycles. The maximum absolute atomic E-state index is 10.7. The van der Waals surface area contributed by atoms with Crippen LogP contribution in [0.4, 0.5) is 0 Å². The van der Waals surface area contributed by atoms with Gasteiger partial charge in [0.05, 0.1) is 6.10 Å². The Hall–Kier alpha value is -0.900. The van der Waals surface area contributed by atoms with E-state index in [-0.39, 0.29) is 12.0 Å². The summed E-state index contributed by atoms with van der Waals surface area (Å²) in [7, 11) is 0. The summed E-state index contributed by atoms with van der Waals surface area (Å²) >= 11 is 0. The van der Waals surface area contributed by atoms with Crippen LogP contribution < -0.4 is 0 Å². The minimum atomic E-state index is -0.446. The van der Waals surface area contributed by atoms with Crippen LogP contribution in [0.2, 0.25) is 0 Å². The third-order valence-corrected chi connectivity index (χ3v) is 4.66. The SMILES string of the molecule is CC(C)(CN1CCCC1CCCO)C(O)c1ccccc1. The van der Waals surface area contributed by atoms with Crippen LogP contribution in [0.3, 0.4) is 0 Å². The fraction of sp³-hybridized carbons (Fsp3) is 0.667. The first-order valence-electron chi connectivity index (χ1n) is 8.12. The number of hydrogen-bond acceptors (Lipinski definition) is 3. The second kappa shape index (κ2) is 7.39. The number of hydrogen-bond donors (Lipinski definition) is 2. The molecule has 0 saturated carbocycles. The van der Waals surface area contributed by atoms with E-state index in [0.29, 0.717) is 6.04 Å². The van der Waals surface area contributed by atoms with E-state index >= 15 is 0 Å². The van der Waals surface area contributed by atoms with Crippen LogP contribution >= 0.6 is 0 Å². The summed E-state index contributed by atoms with van der Waals surface area (Å²) in [5, 5.41) is 19.7. The first-order valence-corrected chi connectivity index (χ1v) is 8.12. The van der Waals surface area contributed by atoms with Gasteiger partial charge in [-0.25, -0.2) is 0 Å². The van der Waals surface area contributed by atoms with E-state index in [0.717, 1.165) is 31.5 Å². The lowest BCUT2D eigenvalue weighted by atomic mass is 9.82. The van der Waals surface area contributed by atoms with E-state index in [4.69, 9.17) is 5.11 Å². The molecule has 0 radical (unpaired) electrons. The molecular weight excluding hydrogens is 262 g/mol. The molecule has 2 atom stereocenters. The molecule has 0 spiro atoms. The minimum absolute atomic E-state index is 0.177. The predicted molar refractivity (Wildman–Crippen MR) is 86.1 cm³/mol. The monoisotopic (exact) mass is 291 g/mol. The molecule has 0 aromatic heterocycles. The zero-order valence-corrected chi connectivity index (χ0v) is 13.3. The van der Waals surface area contributed by atoms with E-state index in [1.807, 2.05) is 30.3 Å². The Morgan fingerprint density at radius 1 is 1.29 bits per heavy atom. The highest BCUT2D eigenvalue weighted by Crippen LogP contribution is 2.36. The molecule has 2 unspecified atom stereocenters. The average Bonchev–Trinajstić information content (AvgIpc) is 2.91. The molecule has 2 rings (SSSR count). The molecule has 1 fully saturated rings. The highest BCUT2D eigenvalue weighted by molar-refractivity contribution is 5.19. The van der Waals surface area contributed by atoms with Crippen LogP contribution in [0, 0.1) is 5.41 Å². The lowest BCUT2D eigenvalue weighted by Crippen LogP contribution is -2.40. The maximum atomic E-state index is 10.7. The molecular formula is C18H29NO2. The van der Waals surface area contributed by atoms with Crippen LogP contribution in [0.15, 0.2) is 30.3 Å². The Kier molecular flexibility index (Phi) is 5.80. The zero-order valence-electron chi connectivity index (χ0n) is 13.3. The predicted octanol–water partition coefficient (Wildman–Crippen LogP) is 2.98. The second-order valence-corrected chi connectivity index (χ2v) is 6.93. The lowest BCUT2D eigenvalue weighted by molar-refractivity contribution is 0.0158. The van der Waals surface area contributed by atoms with Gasteiger partial charge in [-0.3, -0.25) is 4.90 Å². The van der Waals surface area contributed by atoms with Gasteiger partial charge in [-0.2, -0.15) is 0 Å². The Bertz CT molecular complexity index is 418. The van der Waals surface area contributed by atoms with Crippen LogP contribution in [-0.4, -0.2) is 40.9 Å². The molecule has 1 aliphatic rings. The molecule has 118 valence electrons. The molecule has 0 bridgehead atoms. The first kappa shape index (κ1) is 16.5. The smallest absolute Gasteiger partial charge is 0.0853 e. The summed E-state index contributed by atoms with van der Waals surface area (Å²) in [4.78, 5) is 2.50. The van der Waals surface area contributed by atoms with Crippen molar-refractivity contribution in [2.45, 2.75) is 51.7 Å². The molecule has 1 heterocycles. The van der Waals surface area contributed by atoms with Crippen molar-refractivity contribution in [3.8, 4) is 0 Å². The van der Waals surface area contributed by atoms with Crippen molar-refractivity contribution < 1.29 is 10.2 Å². The largest absolute Gasteiger partial charge is 0.396 e. The van der Waals surface area contributed by atoms with Crippen molar-refractivity contribution in [2.24, 2.45) is 5.41 Å². The summed E-state index contributed by atoms with van der Waals surface area (Å²) in [6.07, 6.45) is 3.94. The summed E-state index contributed by atoms with van der Waals surface area (Å²) in [5.41, 5.74) is 0.817. The van der Waals surface area contributed by atoms with Gasteiger partial charge in [0.25, 0.3) is 0 Å². The van der Waals surface area contributed by atoms with Gasteiger partial charge in [-0.15, -0.1) is 0 Å². The zero-order chi connectivity index (χ0) is 15.3. The fourth-order valence-electron chi connectivity index (χ4n) is 3.45. The van der Waals surface area contributed by atoms with Crippen molar-refractivity contribution in [1.29, 1.82) is 0 Å². The first-order chi connectivity index (χ1) is 10.0. The van der Waals surface area contributed by atoms with Crippen LogP contribution in [0.5, 0.6) is 0 Å². The summed E-state index contributed by atoms with van der Waals surface area (Å²) < 4.78 is 0. The Morgan fingerprint density at radius 2 is 2.00 bits per heavy atom. The van der Waals surface area contributed by atoms with Gasteiger partial charge in [0, 0.05) is 24.6 Å². The van der Waals surface area contributed by atoms with Crippen LogP contribution in [-0.2, 0) is 0 Å².